The second-order valence-electron chi connectivity index (χ2n) is 5.62. The quantitative estimate of drug-likeness (QED) is 0.834. The van der Waals surface area contributed by atoms with Crippen LogP contribution in [0.25, 0.3) is 0 Å². The van der Waals surface area contributed by atoms with Crippen LogP contribution in [-0.4, -0.2) is 52.7 Å². The van der Waals surface area contributed by atoms with Crippen molar-refractivity contribution in [1.29, 1.82) is 0 Å². The standard InChI is InChI=1S/C16H18ClFN4O3S/c1-2-14-19-15(26-21-14)20-16(23)22-5-6-24-11(8-22)9-25-13-7-10(18)3-4-12(13)17/h3-4,7,11H,2,5-6,8-9H2,1H3,(H,19,20,21,23). The molecule has 1 N–H and O–H groups in total. The van der Waals surface area contributed by atoms with Gasteiger partial charge in [0.2, 0.25) is 5.13 Å². The first-order valence-corrected chi connectivity index (χ1v) is 9.28. The number of morpholine rings is 1. The SMILES string of the molecule is CCc1nsc(NC(=O)N2CCOC(COc3cc(F)ccc3Cl)C2)n1. The van der Waals surface area contributed by atoms with E-state index in [-0.39, 0.29) is 24.5 Å². The van der Waals surface area contributed by atoms with Gasteiger partial charge >= 0.3 is 6.03 Å². The molecule has 1 fully saturated rings. The summed E-state index contributed by atoms with van der Waals surface area (Å²) in [6.45, 7) is 3.30. The molecule has 1 aromatic heterocycles. The van der Waals surface area contributed by atoms with E-state index >= 15 is 0 Å². The summed E-state index contributed by atoms with van der Waals surface area (Å²) in [5.74, 6) is 0.516. The molecule has 0 aliphatic carbocycles. The van der Waals surface area contributed by atoms with Gasteiger partial charge in [-0.1, -0.05) is 18.5 Å². The Morgan fingerprint density at radius 3 is 3.19 bits per heavy atom. The topological polar surface area (TPSA) is 76.6 Å². The largest absolute Gasteiger partial charge is 0.489 e. The van der Waals surface area contributed by atoms with Crippen molar-refractivity contribution in [2.45, 2.75) is 19.4 Å². The third-order valence-electron chi connectivity index (χ3n) is 3.74. The minimum atomic E-state index is -0.432. The van der Waals surface area contributed by atoms with E-state index in [0.717, 1.165) is 11.5 Å². The number of amides is 2. The van der Waals surface area contributed by atoms with Crippen LogP contribution in [0.5, 0.6) is 5.75 Å². The Morgan fingerprint density at radius 1 is 1.58 bits per heavy atom. The Labute approximate surface area is 159 Å². The molecule has 1 atom stereocenters. The van der Waals surface area contributed by atoms with E-state index in [0.29, 0.717) is 42.1 Å². The molecule has 140 valence electrons. The lowest BCUT2D eigenvalue weighted by Gasteiger charge is -2.32. The number of hydrogen-bond donors (Lipinski definition) is 1. The Kier molecular flexibility index (Phi) is 6.23. The van der Waals surface area contributed by atoms with E-state index in [9.17, 15) is 9.18 Å². The maximum absolute atomic E-state index is 13.3. The van der Waals surface area contributed by atoms with E-state index in [1.165, 1.54) is 18.2 Å². The Morgan fingerprint density at radius 2 is 2.42 bits per heavy atom. The van der Waals surface area contributed by atoms with Crippen LogP contribution in [-0.2, 0) is 11.2 Å². The lowest BCUT2D eigenvalue weighted by atomic mass is 10.3. The van der Waals surface area contributed by atoms with Gasteiger partial charge in [-0.2, -0.15) is 4.37 Å². The molecule has 1 saturated heterocycles. The zero-order valence-corrected chi connectivity index (χ0v) is 15.6. The van der Waals surface area contributed by atoms with E-state index in [1.54, 1.807) is 4.90 Å². The maximum atomic E-state index is 13.3. The van der Waals surface area contributed by atoms with Gasteiger partial charge in [-0.3, -0.25) is 5.32 Å². The fraction of sp³-hybridized carbons (Fsp3) is 0.438. The number of aryl methyl sites for hydroxylation is 1. The van der Waals surface area contributed by atoms with Gasteiger partial charge in [-0.05, 0) is 12.1 Å². The molecular weight excluding hydrogens is 383 g/mol. The predicted molar refractivity (Wildman–Crippen MR) is 96.5 cm³/mol. The van der Waals surface area contributed by atoms with Crippen molar-refractivity contribution in [1.82, 2.24) is 14.3 Å². The van der Waals surface area contributed by atoms with E-state index < -0.39 is 5.82 Å². The van der Waals surface area contributed by atoms with Crippen molar-refractivity contribution < 1.29 is 18.7 Å². The molecule has 10 heteroatoms. The number of nitrogens with zero attached hydrogens (tertiary/aromatic N) is 3. The molecular formula is C16H18ClFN4O3S. The predicted octanol–water partition coefficient (Wildman–Crippen LogP) is 3.20. The van der Waals surface area contributed by atoms with Crippen molar-refractivity contribution in [2.75, 3.05) is 31.6 Å². The first-order chi connectivity index (χ1) is 12.5. The fourth-order valence-corrected chi connectivity index (χ4v) is 3.21. The van der Waals surface area contributed by atoms with Crippen LogP contribution < -0.4 is 10.1 Å². The maximum Gasteiger partial charge on any atom is 0.323 e. The number of aromatic nitrogens is 2. The lowest BCUT2D eigenvalue weighted by Crippen LogP contribution is -2.49. The van der Waals surface area contributed by atoms with Crippen LogP contribution in [0.3, 0.4) is 0 Å². The van der Waals surface area contributed by atoms with Gasteiger partial charge in [-0.25, -0.2) is 14.2 Å². The minimum absolute atomic E-state index is 0.158. The van der Waals surface area contributed by atoms with Gasteiger partial charge in [0.15, 0.2) is 0 Å². The molecule has 26 heavy (non-hydrogen) atoms. The fourth-order valence-electron chi connectivity index (χ4n) is 2.39. The molecule has 0 bridgehead atoms. The van der Waals surface area contributed by atoms with Crippen LogP contribution in [0.2, 0.25) is 5.02 Å². The van der Waals surface area contributed by atoms with Crippen molar-refractivity contribution in [3.63, 3.8) is 0 Å². The van der Waals surface area contributed by atoms with Crippen molar-refractivity contribution in [3.05, 3.63) is 34.9 Å². The zero-order chi connectivity index (χ0) is 18.5. The third kappa shape index (κ3) is 4.80. The molecule has 1 aliphatic heterocycles. The summed E-state index contributed by atoms with van der Waals surface area (Å²) in [5.41, 5.74) is 0. The van der Waals surface area contributed by atoms with Crippen LogP contribution in [0.1, 0.15) is 12.7 Å². The monoisotopic (exact) mass is 400 g/mol. The number of nitrogens with one attached hydrogen (secondary N) is 1. The van der Waals surface area contributed by atoms with Crippen LogP contribution in [0.15, 0.2) is 18.2 Å². The first kappa shape index (κ1) is 18.8. The average Bonchev–Trinajstić information content (AvgIpc) is 3.10. The molecule has 0 saturated carbocycles. The molecule has 0 radical (unpaired) electrons. The molecule has 2 amide bonds. The number of ether oxygens (including phenoxy) is 2. The zero-order valence-electron chi connectivity index (χ0n) is 14.1. The number of carbonyl (C=O) groups is 1. The summed E-state index contributed by atoms with van der Waals surface area (Å²) in [6, 6.07) is 3.65. The smallest absolute Gasteiger partial charge is 0.323 e. The second-order valence-corrected chi connectivity index (χ2v) is 6.78. The number of rotatable bonds is 5. The number of hydrogen-bond acceptors (Lipinski definition) is 6. The summed E-state index contributed by atoms with van der Waals surface area (Å²) in [7, 11) is 0. The van der Waals surface area contributed by atoms with Gasteiger partial charge in [0.05, 0.1) is 18.2 Å². The average molecular weight is 401 g/mol. The highest BCUT2D eigenvalue weighted by atomic mass is 35.5. The third-order valence-corrected chi connectivity index (χ3v) is 4.72. The molecule has 2 aromatic rings. The molecule has 1 aliphatic rings. The van der Waals surface area contributed by atoms with Gasteiger partial charge in [0.25, 0.3) is 0 Å². The molecule has 0 spiro atoms. The molecule has 7 nitrogen and oxygen atoms in total. The summed E-state index contributed by atoms with van der Waals surface area (Å²) < 4.78 is 28.6. The summed E-state index contributed by atoms with van der Waals surface area (Å²) in [6.07, 6.45) is 0.376. The number of halogens is 2. The highest BCUT2D eigenvalue weighted by Gasteiger charge is 2.25. The highest BCUT2D eigenvalue weighted by molar-refractivity contribution is 7.09. The summed E-state index contributed by atoms with van der Waals surface area (Å²) in [5, 5.41) is 3.53. The van der Waals surface area contributed by atoms with E-state index in [4.69, 9.17) is 21.1 Å². The highest BCUT2D eigenvalue weighted by Crippen LogP contribution is 2.25. The molecule has 1 aromatic carbocycles. The van der Waals surface area contributed by atoms with Crippen molar-refractivity contribution >= 4 is 34.3 Å². The number of carbonyl (C=O) groups excluding carboxylic acids is 1. The van der Waals surface area contributed by atoms with E-state index in [2.05, 4.69) is 14.7 Å². The van der Waals surface area contributed by atoms with Crippen molar-refractivity contribution in [2.24, 2.45) is 0 Å². The van der Waals surface area contributed by atoms with Gasteiger partial charge in [-0.15, -0.1) is 0 Å². The Hall–Kier alpha value is -1.97. The van der Waals surface area contributed by atoms with Crippen LogP contribution in [0, 0.1) is 5.82 Å². The first-order valence-electron chi connectivity index (χ1n) is 8.13. The van der Waals surface area contributed by atoms with Gasteiger partial charge < -0.3 is 14.4 Å². The van der Waals surface area contributed by atoms with Crippen LogP contribution >= 0.6 is 23.1 Å². The molecule has 2 heterocycles. The van der Waals surface area contributed by atoms with Gasteiger partial charge in [0, 0.05) is 30.6 Å². The van der Waals surface area contributed by atoms with Crippen LogP contribution in [0.4, 0.5) is 14.3 Å². The minimum Gasteiger partial charge on any atom is -0.489 e. The number of urea groups is 1. The number of benzene rings is 1. The van der Waals surface area contributed by atoms with Crippen molar-refractivity contribution in [3.8, 4) is 5.75 Å². The Balaban J connectivity index is 1.53. The summed E-state index contributed by atoms with van der Waals surface area (Å²) in [4.78, 5) is 18.2. The lowest BCUT2D eigenvalue weighted by molar-refractivity contribution is -0.0337. The summed E-state index contributed by atoms with van der Waals surface area (Å²) >= 11 is 7.13. The number of anilines is 1. The normalized spacial score (nSPS) is 17.2. The Bertz CT molecular complexity index is 776. The van der Waals surface area contributed by atoms with Gasteiger partial charge in [0.1, 0.15) is 30.1 Å². The van der Waals surface area contributed by atoms with E-state index in [1.807, 2.05) is 6.92 Å². The second kappa shape index (κ2) is 8.61. The molecule has 1 unspecified atom stereocenters. The molecule has 3 rings (SSSR count).